The van der Waals surface area contributed by atoms with Gasteiger partial charge in [0.05, 0.1) is 4.90 Å². The summed E-state index contributed by atoms with van der Waals surface area (Å²) in [7, 11) is -2.04. The van der Waals surface area contributed by atoms with Crippen molar-refractivity contribution in [1.82, 2.24) is 9.62 Å². The van der Waals surface area contributed by atoms with Crippen molar-refractivity contribution in [2.45, 2.75) is 38.3 Å². The van der Waals surface area contributed by atoms with Gasteiger partial charge in [-0.15, -0.1) is 6.58 Å². The van der Waals surface area contributed by atoms with Gasteiger partial charge in [-0.2, -0.15) is 4.31 Å². The highest BCUT2D eigenvalue weighted by Gasteiger charge is 2.28. The Balaban J connectivity index is 3.45. The van der Waals surface area contributed by atoms with Gasteiger partial charge < -0.3 is 5.32 Å². The molecule has 0 aliphatic rings. The van der Waals surface area contributed by atoms with Crippen LogP contribution in [0.5, 0.6) is 0 Å². The molecule has 1 N–H and O–H groups in total. The molecule has 0 heterocycles. The molecule has 0 saturated heterocycles. The van der Waals surface area contributed by atoms with Crippen molar-refractivity contribution in [2.24, 2.45) is 0 Å². The third-order valence-electron chi connectivity index (χ3n) is 3.21. The van der Waals surface area contributed by atoms with Gasteiger partial charge in [-0.1, -0.05) is 6.08 Å². The van der Waals surface area contributed by atoms with Gasteiger partial charge in [-0.3, -0.25) is 0 Å². The largest absolute Gasteiger partial charge is 0.316 e. The molecule has 0 saturated carbocycles. The maximum Gasteiger partial charge on any atom is 0.243 e. The Labute approximate surface area is 126 Å². The maximum atomic E-state index is 14.0. The highest BCUT2D eigenvalue weighted by molar-refractivity contribution is 7.89. The zero-order valence-corrected chi connectivity index (χ0v) is 13.8. The van der Waals surface area contributed by atoms with E-state index in [2.05, 4.69) is 11.9 Å². The number of nitrogens with zero attached hydrogens (tertiary/aromatic N) is 1. The lowest BCUT2D eigenvalue weighted by Crippen LogP contribution is -2.37. The minimum absolute atomic E-state index is 0.0169. The van der Waals surface area contributed by atoms with Crippen LogP contribution in [0.2, 0.25) is 0 Å². The molecule has 0 unspecified atom stereocenters. The molecule has 6 heteroatoms. The van der Waals surface area contributed by atoms with E-state index >= 15 is 0 Å². The first-order valence-corrected chi connectivity index (χ1v) is 8.26. The standard InChI is InChI=1S/C15H23FN2O2S/c1-6-7-18(11(2)3)21(19,20)15-9-13(10-17-5)8-14(16)12(15)4/h6,8-9,11,17H,1,7,10H2,2-5H3. The topological polar surface area (TPSA) is 49.4 Å². The Bertz CT molecular complexity index is 612. The Morgan fingerprint density at radius 3 is 2.52 bits per heavy atom. The van der Waals surface area contributed by atoms with Crippen LogP contribution in [0.15, 0.2) is 29.7 Å². The second-order valence-corrected chi connectivity index (χ2v) is 7.05. The van der Waals surface area contributed by atoms with E-state index in [4.69, 9.17) is 0 Å². The Hall–Kier alpha value is -1.24. The van der Waals surface area contributed by atoms with E-state index in [1.54, 1.807) is 20.9 Å². The molecule has 1 rings (SSSR count). The molecule has 0 amide bonds. The molecule has 0 radical (unpaired) electrons. The van der Waals surface area contributed by atoms with Crippen molar-refractivity contribution < 1.29 is 12.8 Å². The van der Waals surface area contributed by atoms with E-state index in [-0.39, 0.29) is 23.0 Å². The maximum absolute atomic E-state index is 14.0. The summed E-state index contributed by atoms with van der Waals surface area (Å²) in [6.45, 7) is 9.23. The molecule has 4 nitrogen and oxygen atoms in total. The minimum atomic E-state index is -3.76. The quantitative estimate of drug-likeness (QED) is 0.787. The molecule has 0 aliphatic carbocycles. The minimum Gasteiger partial charge on any atom is -0.316 e. The first-order chi connectivity index (χ1) is 9.75. The van der Waals surface area contributed by atoms with Crippen LogP contribution in [0.1, 0.15) is 25.0 Å². The molecule has 0 atom stereocenters. The van der Waals surface area contributed by atoms with Gasteiger partial charge in [0, 0.05) is 24.7 Å². The first kappa shape index (κ1) is 17.8. The lowest BCUT2D eigenvalue weighted by Gasteiger charge is -2.25. The lowest BCUT2D eigenvalue weighted by atomic mass is 10.1. The summed E-state index contributed by atoms with van der Waals surface area (Å²) in [6.07, 6.45) is 1.53. The summed E-state index contributed by atoms with van der Waals surface area (Å²) in [5, 5.41) is 2.90. The molecule has 1 aromatic carbocycles. The highest BCUT2D eigenvalue weighted by Crippen LogP contribution is 2.25. The molecule has 0 fully saturated rings. The van der Waals surface area contributed by atoms with Crippen LogP contribution in [-0.2, 0) is 16.6 Å². The van der Waals surface area contributed by atoms with E-state index in [9.17, 15) is 12.8 Å². The van der Waals surface area contributed by atoms with Gasteiger partial charge in [0.1, 0.15) is 5.82 Å². The van der Waals surface area contributed by atoms with E-state index in [0.717, 1.165) is 0 Å². The Morgan fingerprint density at radius 1 is 1.43 bits per heavy atom. The summed E-state index contributed by atoms with van der Waals surface area (Å²) in [5.41, 5.74) is 0.742. The smallest absolute Gasteiger partial charge is 0.243 e. The zero-order chi connectivity index (χ0) is 16.2. The average molecular weight is 314 g/mol. The summed E-state index contributed by atoms with van der Waals surface area (Å²) in [4.78, 5) is 0.0169. The summed E-state index contributed by atoms with van der Waals surface area (Å²) < 4.78 is 40.9. The van der Waals surface area contributed by atoms with Crippen LogP contribution in [0, 0.1) is 12.7 Å². The molecule has 1 aromatic rings. The zero-order valence-electron chi connectivity index (χ0n) is 13.0. The molecule has 118 valence electrons. The van der Waals surface area contributed by atoms with Crippen molar-refractivity contribution in [3.63, 3.8) is 0 Å². The molecular formula is C15H23FN2O2S. The predicted molar refractivity (Wildman–Crippen MR) is 83.1 cm³/mol. The lowest BCUT2D eigenvalue weighted by molar-refractivity contribution is 0.382. The van der Waals surface area contributed by atoms with Crippen LogP contribution in [0.25, 0.3) is 0 Å². The van der Waals surface area contributed by atoms with Gasteiger partial charge in [-0.25, -0.2) is 12.8 Å². The van der Waals surface area contributed by atoms with Crippen molar-refractivity contribution in [3.05, 3.63) is 41.7 Å². The number of rotatable bonds is 7. The van der Waals surface area contributed by atoms with E-state index in [1.165, 1.54) is 29.4 Å². The van der Waals surface area contributed by atoms with Gasteiger partial charge in [-0.05, 0) is 45.5 Å². The SMILES string of the molecule is C=CCN(C(C)C)S(=O)(=O)c1cc(CNC)cc(F)c1C. The third-order valence-corrected chi connectivity index (χ3v) is 5.38. The van der Waals surface area contributed by atoms with Crippen LogP contribution in [-0.4, -0.2) is 32.4 Å². The number of hydrogen-bond donors (Lipinski definition) is 1. The Morgan fingerprint density at radius 2 is 2.05 bits per heavy atom. The first-order valence-electron chi connectivity index (χ1n) is 6.82. The summed E-state index contributed by atoms with van der Waals surface area (Å²) >= 11 is 0. The summed E-state index contributed by atoms with van der Waals surface area (Å²) in [6, 6.07) is 2.66. The molecule has 21 heavy (non-hydrogen) atoms. The average Bonchev–Trinajstić information content (AvgIpc) is 2.39. The molecule has 0 aromatic heterocycles. The van der Waals surface area contributed by atoms with Crippen molar-refractivity contribution in [1.29, 1.82) is 0 Å². The number of hydrogen-bond acceptors (Lipinski definition) is 3. The predicted octanol–water partition coefficient (Wildman–Crippen LogP) is 2.44. The van der Waals surface area contributed by atoms with Gasteiger partial charge in [0.2, 0.25) is 10.0 Å². The van der Waals surface area contributed by atoms with E-state index < -0.39 is 15.8 Å². The molecular weight excluding hydrogens is 291 g/mol. The molecule has 0 aliphatic heterocycles. The number of sulfonamides is 1. The van der Waals surface area contributed by atoms with Gasteiger partial charge in [0.15, 0.2) is 0 Å². The molecule has 0 spiro atoms. The van der Waals surface area contributed by atoms with Crippen molar-refractivity contribution >= 4 is 10.0 Å². The van der Waals surface area contributed by atoms with Gasteiger partial charge >= 0.3 is 0 Å². The highest BCUT2D eigenvalue weighted by atomic mass is 32.2. The van der Waals surface area contributed by atoms with Crippen LogP contribution < -0.4 is 5.32 Å². The van der Waals surface area contributed by atoms with Crippen molar-refractivity contribution in [2.75, 3.05) is 13.6 Å². The van der Waals surface area contributed by atoms with Crippen LogP contribution in [0.4, 0.5) is 4.39 Å². The van der Waals surface area contributed by atoms with Crippen molar-refractivity contribution in [3.8, 4) is 0 Å². The monoisotopic (exact) mass is 314 g/mol. The molecule has 0 bridgehead atoms. The van der Waals surface area contributed by atoms with E-state index in [1.807, 2.05) is 0 Å². The Kier molecular flexibility index (Phi) is 6.07. The normalized spacial score (nSPS) is 12.1. The van der Waals surface area contributed by atoms with Gasteiger partial charge in [0.25, 0.3) is 0 Å². The second kappa shape index (κ2) is 7.15. The third kappa shape index (κ3) is 3.90. The van der Waals surface area contributed by atoms with E-state index in [0.29, 0.717) is 12.1 Å². The number of nitrogens with one attached hydrogen (secondary N) is 1. The number of halogens is 1. The number of benzene rings is 1. The fourth-order valence-corrected chi connectivity index (χ4v) is 4.02. The van der Waals surface area contributed by atoms with Crippen LogP contribution in [0.3, 0.4) is 0 Å². The summed E-state index contributed by atoms with van der Waals surface area (Å²) in [5.74, 6) is -0.511. The van der Waals surface area contributed by atoms with Crippen LogP contribution >= 0.6 is 0 Å². The second-order valence-electron chi connectivity index (χ2n) is 5.19. The fourth-order valence-electron chi connectivity index (χ4n) is 2.12. The fraction of sp³-hybridized carbons (Fsp3) is 0.467.